The molecule has 0 amide bonds. The number of hydrogen-bond acceptors (Lipinski definition) is 4. The predicted octanol–water partition coefficient (Wildman–Crippen LogP) is 16.3. The highest BCUT2D eigenvalue weighted by Gasteiger charge is 2.17. The molecule has 13 aromatic rings. The van der Waals surface area contributed by atoms with E-state index in [1.807, 2.05) is 11.3 Å². The van der Waals surface area contributed by atoms with Gasteiger partial charge in [-0.15, -0.1) is 11.3 Å². The summed E-state index contributed by atoms with van der Waals surface area (Å²) in [5.74, 6) is 1.91. The molecule has 0 atom stereocenters. The molecule has 0 radical (unpaired) electrons. The quantitative estimate of drug-likeness (QED) is 0.162. The third-order valence-corrected chi connectivity index (χ3v) is 13.9. The molecule has 292 valence electrons. The van der Waals surface area contributed by atoms with Gasteiger partial charge in [-0.2, -0.15) is 0 Å². The number of nitrogens with zero attached hydrogens (tertiary/aromatic N) is 3. The van der Waals surface area contributed by atoms with Gasteiger partial charge in [-0.3, -0.25) is 0 Å². The van der Waals surface area contributed by atoms with E-state index in [2.05, 4.69) is 212 Å². The van der Waals surface area contributed by atoms with Gasteiger partial charge in [0, 0.05) is 36.9 Å². The molecule has 0 N–H and O–H groups in total. The molecular formula is C59H35N3S. The van der Waals surface area contributed by atoms with Crippen LogP contribution in [0.4, 0.5) is 0 Å². The molecule has 0 aliphatic rings. The van der Waals surface area contributed by atoms with Crippen LogP contribution in [-0.2, 0) is 0 Å². The van der Waals surface area contributed by atoms with E-state index in [9.17, 15) is 0 Å². The normalized spacial score (nSPS) is 11.8. The second kappa shape index (κ2) is 14.3. The van der Waals surface area contributed by atoms with E-state index < -0.39 is 0 Å². The van der Waals surface area contributed by atoms with E-state index in [4.69, 9.17) is 15.0 Å². The summed E-state index contributed by atoms with van der Waals surface area (Å²) in [5.41, 5.74) is 7.49. The molecule has 0 bridgehead atoms. The van der Waals surface area contributed by atoms with Crippen molar-refractivity contribution in [3.8, 4) is 56.4 Å². The summed E-state index contributed by atoms with van der Waals surface area (Å²) in [6, 6.07) is 76.4. The smallest absolute Gasteiger partial charge is 0.164 e. The lowest BCUT2D eigenvalue weighted by atomic mass is 9.96. The highest BCUT2D eigenvalue weighted by atomic mass is 32.1. The lowest BCUT2D eigenvalue weighted by molar-refractivity contribution is 1.08. The van der Waals surface area contributed by atoms with Gasteiger partial charge >= 0.3 is 0 Å². The Morgan fingerprint density at radius 2 is 0.698 bits per heavy atom. The van der Waals surface area contributed by atoms with Gasteiger partial charge in [-0.25, -0.2) is 15.0 Å². The van der Waals surface area contributed by atoms with Crippen LogP contribution >= 0.6 is 11.3 Å². The van der Waals surface area contributed by atoms with Crippen molar-refractivity contribution < 1.29 is 0 Å². The Bertz CT molecular complexity index is 3860. The van der Waals surface area contributed by atoms with Crippen LogP contribution in [-0.4, -0.2) is 15.0 Å². The number of benzene rings is 11. The zero-order chi connectivity index (χ0) is 41.4. The molecule has 0 aliphatic heterocycles. The SMILES string of the molecule is c1cc(-c2cccc(-c3cccc4c3sc3ccc5ccccc5c34)c2)cc(-c2nc(-c3ccc4c(ccc5ccccc54)c3)nc(-c3ccc4c(ccc5ccccc54)c3)n2)c1. The highest BCUT2D eigenvalue weighted by Crippen LogP contribution is 2.43. The van der Waals surface area contributed by atoms with Crippen LogP contribution in [0.25, 0.3) is 130 Å². The molecule has 0 saturated heterocycles. The van der Waals surface area contributed by atoms with Crippen LogP contribution in [0, 0.1) is 0 Å². The van der Waals surface area contributed by atoms with Crippen LogP contribution in [0.2, 0.25) is 0 Å². The van der Waals surface area contributed by atoms with E-state index in [-0.39, 0.29) is 0 Å². The number of thiophene rings is 1. The van der Waals surface area contributed by atoms with Crippen molar-refractivity contribution in [3.63, 3.8) is 0 Å². The van der Waals surface area contributed by atoms with Crippen LogP contribution in [0.15, 0.2) is 212 Å². The fraction of sp³-hybridized carbons (Fsp3) is 0. The minimum absolute atomic E-state index is 0.632. The van der Waals surface area contributed by atoms with E-state index in [1.165, 1.54) is 74.4 Å². The van der Waals surface area contributed by atoms with Crippen molar-refractivity contribution in [3.05, 3.63) is 212 Å². The average molecular weight is 818 g/mol. The Hall–Kier alpha value is -8.05. The van der Waals surface area contributed by atoms with Gasteiger partial charge in [0.15, 0.2) is 17.5 Å². The summed E-state index contributed by atoms with van der Waals surface area (Å²) < 4.78 is 2.62. The standard InChI is InChI=1S/C59H35N3S/c1-4-17-47-36(10-1)22-24-42-34-45(26-29-49(42)47)58-60-57(61-59(62-58)46-27-30-50-43(35-46)25-23-37-11-2-5-18-48(37)50)44-16-8-14-40(33-44)39-13-7-15-41(32-39)52-20-9-21-53-55-51-19-6-3-12-38(51)28-31-54(55)63-56(52)53/h1-35H. The van der Waals surface area contributed by atoms with E-state index in [1.54, 1.807) is 0 Å². The summed E-state index contributed by atoms with van der Waals surface area (Å²) in [5, 5.41) is 14.8. The molecule has 0 fully saturated rings. The third kappa shape index (κ3) is 5.99. The Morgan fingerprint density at radius 3 is 1.32 bits per heavy atom. The van der Waals surface area contributed by atoms with Gasteiger partial charge in [-0.05, 0) is 106 Å². The number of rotatable bonds is 5. The van der Waals surface area contributed by atoms with Crippen LogP contribution < -0.4 is 0 Å². The molecule has 3 nitrogen and oxygen atoms in total. The molecule has 0 aliphatic carbocycles. The highest BCUT2D eigenvalue weighted by molar-refractivity contribution is 7.26. The van der Waals surface area contributed by atoms with E-state index in [0.29, 0.717) is 17.5 Å². The first-order valence-electron chi connectivity index (χ1n) is 21.3. The van der Waals surface area contributed by atoms with Crippen molar-refractivity contribution in [1.82, 2.24) is 15.0 Å². The molecule has 4 heteroatoms. The average Bonchev–Trinajstić information content (AvgIpc) is 3.75. The van der Waals surface area contributed by atoms with E-state index >= 15 is 0 Å². The van der Waals surface area contributed by atoms with Crippen LogP contribution in [0.3, 0.4) is 0 Å². The molecule has 63 heavy (non-hydrogen) atoms. The minimum Gasteiger partial charge on any atom is -0.208 e. The predicted molar refractivity (Wildman–Crippen MR) is 267 cm³/mol. The summed E-state index contributed by atoms with van der Waals surface area (Å²) in [6.07, 6.45) is 0. The molecular weight excluding hydrogens is 783 g/mol. The molecule has 0 saturated carbocycles. The lowest BCUT2D eigenvalue weighted by Crippen LogP contribution is -2.00. The van der Waals surface area contributed by atoms with Crippen molar-refractivity contribution in [2.24, 2.45) is 0 Å². The van der Waals surface area contributed by atoms with Gasteiger partial charge in [-0.1, -0.05) is 182 Å². The van der Waals surface area contributed by atoms with Gasteiger partial charge in [0.1, 0.15) is 0 Å². The summed E-state index contributed by atoms with van der Waals surface area (Å²) in [6.45, 7) is 0. The first kappa shape index (κ1) is 35.7. The monoisotopic (exact) mass is 817 g/mol. The largest absolute Gasteiger partial charge is 0.208 e. The molecule has 2 heterocycles. The van der Waals surface area contributed by atoms with Crippen molar-refractivity contribution in [1.29, 1.82) is 0 Å². The summed E-state index contributed by atoms with van der Waals surface area (Å²) >= 11 is 1.88. The molecule has 0 unspecified atom stereocenters. The Labute approximate surface area is 367 Å². The first-order valence-corrected chi connectivity index (χ1v) is 22.1. The van der Waals surface area contributed by atoms with Crippen LogP contribution in [0.1, 0.15) is 0 Å². The molecule has 2 aromatic heterocycles. The van der Waals surface area contributed by atoms with Gasteiger partial charge in [0.05, 0.1) is 0 Å². The number of aromatic nitrogens is 3. The Kier molecular flexibility index (Phi) is 8.08. The summed E-state index contributed by atoms with van der Waals surface area (Å²) in [7, 11) is 0. The van der Waals surface area contributed by atoms with Crippen molar-refractivity contribution in [2.45, 2.75) is 0 Å². The van der Waals surface area contributed by atoms with Crippen LogP contribution in [0.5, 0.6) is 0 Å². The Balaban J connectivity index is 0.938. The lowest BCUT2D eigenvalue weighted by Gasteiger charge is -2.12. The first-order chi connectivity index (χ1) is 31.2. The fourth-order valence-corrected chi connectivity index (χ4v) is 10.8. The van der Waals surface area contributed by atoms with Gasteiger partial charge < -0.3 is 0 Å². The zero-order valence-electron chi connectivity index (χ0n) is 34.0. The van der Waals surface area contributed by atoms with Gasteiger partial charge in [0.2, 0.25) is 0 Å². The minimum atomic E-state index is 0.632. The molecule has 13 rings (SSSR count). The number of hydrogen-bond donors (Lipinski definition) is 0. The maximum absolute atomic E-state index is 5.23. The topological polar surface area (TPSA) is 38.7 Å². The van der Waals surface area contributed by atoms with Crippen molar-refractivity contribution >= 4 is 85.4 Å². The zero-order valence-corrected chi connectivity index (χ0v) is 34.8. The Morgan fingerprint density at radius 1 is 0.270 bits per heavy atom. The maximum atomic E-state index is 5.23. The van der Waals surface area contributed by atoms with Gasteiger partial charge in [0.25, 0.3) is 0 Å². The second-order valence-electron chi connectivity index (χ2n) is 16.4. The molecule has 0 spiro atoms. The number of fused-ring (bicyclic) bond motifs is 11. The fourth-order valence-electron chi connectivity index (χ4n) is 9.57. The maximum Gasteiger partial charge on any atom is 0.164 e. The second-order valence-corrected chi connectivity index (χ2v) is 17.4. The van der Waals surface area contributed by atoms with Crippen molar-refractivity contribution in [2.75, 3.05) is 0 Å². The molecule has 11 aromatic carbocycles. The van der Waals surface area contributed by atoms with E-state index in [0.717, 1.165) is 38.6 Å². The third-order valence-electron chi connectivity index (χ3n) is 12.7. The summed E-state index contributed by atoms with van der Waals surface area (Å²) in [4.78, 5) is 15.7.